The number of benzene rings is 1. The van der Waals surface area contributed by atoms with Crippen molar-refractivity contribution >= 4 is 39.1 Å². The summed E-state index contributed by atoms with van der Waals surface area (Å²) >= 11 is 12.0. The van der Waals surface area contributed by atoms with Crippen LogP contribution in [0.3, 0.4) is 0 Å². The number of hydrogen-bond acceptors (Lipinski definition) is 4. The number of piperidine rings is 1. The molecule has 0 aliphatic carbocycles. The predicted octanol–water partition coefficient (Wildman–Crippen LogP) is 2.55. The van der Waals surface area contributed by atoms with Crippen LogP contribution in [0.15, 0.2) is 23.1 Å². The molecule has 2 atom stereocenters. The lowest BCUT2D eigenvalue weighted by molar-refractivity contribution is -0.127. The Balaban J connectivity index is 2.14. The number of nitrogens with one attached hydrogen (secondary N) is 1. The first-order valence-electron chi connectivity index (χ1n) is 8.00. The van der Waals surface area contributed by atoms with Crippen molar-refractivity contribution in [2.75, 3.05) is 26.8 Å². The van der Waals surface area contributed by atoms with Crippen LogP contribution in [0.2, 0.25) is 10.0 Å². The lowest BCUT2D eigenvalue weighted by Crippen LogP contribution is -2.47. The molecule has 9 heteroatoms. The Hall–Kier alpha value is -0.860. The number of ether oxygens (including phenoxy) is 1. The number of carbonyl (C=O) groups is 1. The summed E-state index contributed by atoms with van der Waals surface area (Å²) in [5, 5.41) is 3.26. The van der Waals surface area contributed by atoms with Crippen molar-refractivity contribution in [1.82, 2.24) is 9.62 Å². The van der Waals surface area contributed by atoms with E-state index in [4.69, 9.17) is 27.9 Å². The highest BCUT2D eigenvalue weighted by Gasteiger charge is 2.34. The summed E-state index contributed by atoms with van der Waals surface area (Å²) in [5.74, 6) is -0.567. The minimum atomic E-state index is -3.81. The topological polar surface area (TPSA) is 75.7 Å². The largest absolute Gasteiger partial charge is 0.383 e. The second kappa shape index (κ2) is 8.68. The highest BCUT2D eigenvalue weighted by molar-refractivity contribution is 7.89. The second-order valence-corrected chi connectivity index (χ2v) is 8.89. The van der Waals surface area contributed by atoms with E-state index in [0.29, 0.717) is 31.0 Å². The quantitative estimate of drug-likeness (QED) is 0.784. The van der Waals surface area contributed by atoms with Crippen LogP contribution in [-0.2, 0) is 19.6 Å². The first-order valence-corrected chi connectivity index (χ1v) is 10.2. The first-order chi connectivity index (χ1) is 11.8. The maximum Gasteiger partial charge on any atom is 0.244 e. The van der Waals surface area contributed by atoms with Gasteiger partial charge in [0.1, 0.15) is 4.90 Å². The highest BCUT2D eigenvalue weighted by atomic mass is 35.5. The summed E-state index contributed by atoms with van der Waals surface area (Å²) < 4.78 is 32.1. The normalized spacial score (nSPS) is 20.2. The maximum atomic E-state index is 12.9. The van der Waals surface area contributed by atoms with E-state index in [1.54, 1.807) is 7.11 Å². The third-order valence-electron chi connectivity index (χ3n) is 4.07. The molecule has 0 saturated carbocycles. The van der Waals surface area contributed by atoms with Gasteiger partial charge in [0, 0.05) is 31.3 Å². The number of methoxy groups -OCH3 is 1. The van der Waals surface area contributed by atoms with Gasteiger partial charge in [-0.25, -0.2) is 8.42 Å². The first kappa shape index (κ1) is 20.5. The number of rotatable bonds is 6. The fourth-order valence-electron chi connectivity index (χ4n) is 2.84. The lowest BCUT2D eigenvalue weighted by atomic mass is 9.98. The van der Waals surface area contributed by atoms with Crippen molar-refractivity contribution in [3.8, 4) is 0 Å². The number of nitrogens with zero attached hydrogens (tertiary/aromatic N) is 1. The van der Waals surface area contributed by atoms with E-state index in [0.717, 1.165) is 0 Å². The monoisotopic (exact) mass is 408 g/mol. The van der Waals surface area contributed by atoms with Gasteiger partial charge in [0.25, 0.3) is 0 Å². The van der Waals surface area contributed by atoms with Crippen LogP contribution in [0.4, 0.5) is 0 Å². The van der Waals surface area contributed by atoms with Gasteiger partial charge in [-0.3, -0.25) is 4.79 Å². The molecule has 2 rings (SSSR count). The SMILES string of the molecule is COC[C@H](C)NC(=O)[C@H]1CCCN(S(=O)(=O)c2cc(Cl)ccc2Cl)C1. The van der Waals surface area contributed by atoms with E-state index >= 15 is 0 Å². The van der Waals surface area contributed by atoms with E-state index < -0.39 is 15.9 Å². The maximum absolute atomic E-state index is 12.9. The molecule has 1 aromatic carbocycles. The predicted molar refractivity (Wildman–Crippen MR) is 97.4 cm³/mol. The van der Waals surface area contributed by atoms with Crippen molar-refractivity contribution in [3.63, 3.8) is 0 Å². The van der Waals surface area contributed by atoms with Crippen molar-refractivity contribution in [2.24, 2.45) is 5.92 Å². The molecule has 25 heavy (non-hydrogen) atoms. The molecule has 1 N–H and O–H groups in total. The standard InChI is InChI=1S/C16H22Cl2N2O4S/c1-11(10-24-2)19-16(21)12-4-3-7-20(9-12)25(22,23)15-8-13(17)5-6-14(15)18/h5-6,8,11-12H,3-4,7,9-10H2,1-2H3,(H,19,21)/t11-,12-/m0/s1. The molecular formula is C16H22Cl2N2O4S. The van der Waals surface area contributed by atoms with E-state index in [-0.39, 0.29) is 28.4 Å². The average molecular weight is 409 g/mol. The molecule has 6 nitrogen and oxygen atoms in total. The Morgan fingerprint density at radius 1 is 1.44 bits per heavy atom. The number of carbonyl (C=O) groups excluding carboxylic acids is 1. The van der Waals surface area contributed by atoms with Crippen LogP contribution in [0.1, 0.15) is 19.8 Å². The third kappa shape index (κ3) is 5.08. The Bertz CT molecular complexity index is 727. The van der Waals surface area contributed by atoms with E-state index in [1.165, 1.54) is 22.5 Å². The van der Waals surface area contributed by atoms with E-state index in [9.17, 15) is 13.2 Å². The van der Waals surface area contributed by atoms with Gasteiger partial charge in [0.2, 0.25) is 15.9 Å². The molecular weight excluding hydrogens is 387 g/mol. The number of halogens is 2. The smallest absolute Gasteiger partial charge is 0.244 e. The van der Waals surface area contributed by atoms with Crippen LogP contribution < -0.4 is 5.32 Å². The van der Waals surface area contributed by atoms with Crippen LogP contribution >= 0.6 is 23.2 Å². The van der Waals surface area contributed by atoms with Crippen LogP contribution in [0.5, 0.6) is 0 Å². The van der Waals surface area contributed by atoms with Crippen molar-refractivity contribution in [2.45, 2.75) is 30.7 Å². The van der Waals surface area contributed by atoms with Gasteiger partial charge in [-0.15, -0.1) is 0 Å². The van der Waals surface area contributed by atoms with Gasteiger partial charge in [0.15, 0.2) is 0 Å². The molecule has 0 unspecified atom stereocenters. The molecule has 1 heterocycles. The summed E-state index contributed by atoms with van der Waals surface area (Å²) in [6, 6.07) is 4.19. The lowest BCUT2D eigenvalue weighted by Gasteiger charge is -2.32. The minimum absolute atomic E-state index is 0.0320. The van der Waals surface area contributed by atoms with Crippen molar-refractivity contribution in [1.29, 1.82) is 0 Å². The van der Waals surface area contributed by atoms with Gasteiger partial charge in [0.05, 0.1) is 17.5 Å². The zero-order valence-corrected chi connectivity index (χ0v) is 16.5. The Morgan fingerprint density at radius 3 is 2.84 bits per heavy atom. The minimum Gasteiger partial charge on any atom is -0.383 e. The van der Waals surface area contributed by atoms with Crippen molar-refractivity contribution in [3.05, 3.63) is 28.2 Å². The zero-order valence-electron chi connectivity index (χ0n) is 14.2. The fraction of sp³-hybridized carbons (Fsp3) is 0.562. The molecule has 1 aromatic rings. The van der Waals surface area contributed by atoms with Crippen molar-refractivity contribution < 1.29 is 17.9 Å². The summed E-state index contributed by atoms with van der Waals surface area (Å²) in [6.07, 6.45) is 1.25. The van der Waals surface area contributed by atoms with Gasteiger partial charge in [-0.2, -0.15) is 4.31 Å². The molecule has 1 saturated heterocycles. The highest BCUT2D eigenvalue weighted by Crippen LogP contribution is 2.30. The molecule has 0 radical (unpaired) electrons. The summed E-state index contributed by atoms with van der Waals surface area (Å²) in [5.41, 5.74) is 0. The summed E-state index contributed by atoms with van der Waals surface area (Å²) in [4.78, 5) is 12.3. The average Bonchev–Trinajstić information content (AvgIpc) is 2.57. The van der Waals surface area contributed by atoms with Gasteiger partial charge >= 0.3 is 0 Å². The summed E-state index contributed by atoms with van der Waals surface area (Å²) in [6.45, 7) is 2.71. The third-order valence-corrected chi connectivity index (χ3v) is 6.65. The fourth-order valence-corrected chi connectivity index (χ4v) is 5.10. The summed E-state index contributed by atoms with van der Waals surface area (Å²) in [7, 11) is -2.25. The van der Waals surface area contributed by atoms with E-state index in [2.05, 4.69) is 5.32 Å². The Morgan fingerprint density at radius 2 is 2.16 bits per heavy atom. The van der Waals surface area contributed by atoms with E-state index in [1.807, 2.05) is 6.92 Å². The molecule has 1 fully saturated rings. The Kier molecular flexibility index (Phi) is 7.10. The molecule has 1 aliphatic heterocycles. The van der Waals surface area contributed by atoms with Gasteiger partial charge in [-0.1, -0.05) is 23.2 Å². The van der Waals surface area contributed by atoms with Crippen LogP contribution in [0.25, 0.3) is 0 Å². The number of amides is 1. The van der Waals surface area contributed by atoms with Crippen LogP contribution in [0, 0.1) is 5.92 Å². The number of sulfonamides is 1. The molecule has 1 amide bonds. The van der Waals surface area contributed by atoms with Crippen LogP contribution in [-0.4, -0.2) is 51.5 Å². The molecule has 1 aliphatic rings. The van der Waals surface area contributed by atoms with Gasteiger partial charge < -0.3 is 10.1 Å². The zero-order chi connectivity index (χ0) is 18.6. The molecule has 140 valence electrons. The second-order valence-electron chi connectivity index (χ2n) is 6.14. The Labute approximate surface area is 158 Å². The number of hydrogen-bond donors (Lipinski definition) is 1. The molecule has 0 spiro atoms. The molecule has 0 aromatic heterocycles. The molecule has 0 bridgehead atoms. The van der Waals surface area contributed by atoms with Gasteiger partial charge in [-0.05, 0) is 38.0 Å².